The van der Waals surface area contributed by atoms with Crippen molar-refractivity contribution in [1.82, 2.24) is 5.32 Å². The summed E-state index contributed by atoms with van der Waals surface area (Å²) in [6.07, 6.45) is 2.07. The van der Waals surface area contributed by atoms with Crippen molar-refractivity contribution < 1.29 is 9.53 Å². The van der Waals surface area contributed by atoms with E-state index < -0.39 is 0 Å². The fourth-order valence-electron chi connectivity index (χ4n) is 1.87. The van der Waals surface area contributed by atoms with Gasteiger partial charge in [-0.1, -0.05) is 35.8 Å². The monoisotopic (exact) mass is 327 g/mol. The molecule has 0 spiro atoms. The maximum Gasteiger partial charge on any atom is 0.251 e. The molecule has 0 unspecified atom stereocenters. The van der Waals surface area contributed by atoms with E-state index in [0.29, 0.717) is 17.9 Å². The highest BCUT2D eigenvalue weighted by molar-refractivity contribution is 9.09. The van der Waals surface area contributed by atoms with Gasteiger partial charge in [0.25, 0.3) is 5.91 Å². The highest BCUT2D eigenvalue weighted by Crippen LogP contribution is 2.27. The van der Waals surface area contributed by atoms with Crippen LogP contribution in [0.2, 0.25) is 0 Å². The molecule has 106 valence electrons. The number of alkyl halides is 1. The van der Waals surface area contributed by atoms with Gasteiger partial charge in [0.15, 0.2) is 0 Å². The van der Waals surface area contributed by atoms with Gasteiger partial charge in [-0.15, -0.1) is 0 Å². The fourth-order valence-corrected chi connectivity index (χ4v) is 2.86. The van der Waals surface area contributed by atoms with Gasteiger partial charge in [0, 0.05) is 17.4 Å². The summed E-state index contributed by atoms with van der Waals surface area (Å²) in [5.41, 5.74) is 0.768. The van der Waals surface area contributed by atoms with Crippen molar-refractivity contribution in [3.8, 4) is 5.75 Å². The van der Waals surface area contributed by atoms with Gasteiger partial charge >= 0.3 is 0 Å². The predicted octanol–water partition coefficient (Wildman–Crippen LogP) is 3.63. The van der Waals surface area contributed by atoms with Crippen LogP contribution in [0.5, 0.6) is 5.75 Å². The molecule has 3 nitrogen and oxygen atoms in total. The van der Waals surface area contributed by atoms with Crippen LogP contribution in [0.1, 0.15) is 37.0 Å². The van der Waals surface area contributed by atoms with Gasteiger partial charge in [-0.2, -0.15) is 0 Å². The Balaban J connectivity index is 2.69. The first-order valence-corrected chi connectivity index (χ1v) is 7.71. The van der Waals surface area contributed by atoms with E-state index in [4.69, 9.17) is 4.74 Å². The van der Waals surface area contributed by atoms with E-state index in [1.807, 2.05) is 12.1 Å². The van der Waals surface area contributed by atoms with Gasteiger partial charge in [-0.25, -0.2) is 0 Å². The van der Waals surface area contributed by atoms with Crippen molar-refractivity contribution in [3.63, 3.8) is 0 Å². The largest absolute Gasteiger partial charge is 0.497 e. The van der Waals surface area contributed by atoms with Crippen molar-refractivity contribution >= 4 is 21.8 Å². The molecular formula is C15H22BrNO2. The van der Waals surface area contributed by atoms with E-state index in [1.165, 1.54) is 0 Å². The first kappa shape index (κ1) is 16.0. The van der Waals surface area contributed by atoms with Gasteiger partial charge in [0.2, 0.25) is 0 Å². The SMILES string of the molecule is CCC(CC)(CBr)CNC(=O)c1cccc(OC)c1. The Morgan fingerprint density at radius 2 is 2.05 bits per heavy atom. The van der Waals surface area contributed by atoms with Crippen LogP contribution in [-0.4, -0.2) is 24.9 Å². The van der Waals surface area contributed by atoms with Crippen LogP contribution in [0.25, 0.3) is 0 Å². The Labute approximate surface area is 123 Å². The van der Waals surface area contributed by atoms with E-state index in [9.17, 15) is 4.79 Å². The molecule has 1 aromatic rings. The lowest BCUT2D eigenvalue weighted by atomic mass is 9.84. The quantitative estimate of drug-likeness (QED) is 0.776. The number of benzene rings is 1. The molecule has 1 N–H and O–H groups in total. The first-order valence-electron chi connectivity index (χ1n) is 6.59. The molecular weight excluding hydrogens is 306 g/mol. The third-order valence-electron chi connectivity index (χ3n) is 3.74. The molecule has 0 saturated heterocycles. The Hall–Kier alpha value is -1.03. The highest BCUT2D eigenvalue weighted by atomic mass is 79.9. The molecule has 0 atom stereocenters. The predicted molar refractivity (Wildman–Crippen MR) is 82.1 cm³/mol. The van der Waals surface area contributed by atoms with Gasteiger partial charge in [0.1, 0.15) is 5.75 Å². The molecule has 0 heterocycles. The third-order valence-corrected chi connectivity index (χ3v) is 4.93. The normalized spacial score (nSPS) is 11.2. The zero-order valence-corrected chi connectivity index (χ0v) is 13.4. The molecule has 0 aliphatic rings. The number of hydrogen-bond donors (Lipinski definition) is 1. The second-order valence-electron chi connectivity index (χ2n) is 4.76. The molecule has 19 heavy (non-hydrogen) atoms. The van der Waals surface area contributed by atoms with Crippen molar-refractivity contribution in [1.29, 1.82) is 0 Å². The molecule has 1 amide bonds. The summed E-state index contributed by atoms with van der Waals surface area (Å²) in [4.78, 5) is 12.1. The lowest BCUT2D eigenvalue weighted by Crippen LogP contribution is -2.38. The summed E-state index contributed by atoms with van der Waals surface area (Å²) in [6.45, 7) is 4.99. The van der Waals surface area contributed by atoms with E-state index >= 15 is 0 Å². The summed E-state index contributed by atoms with van der Waals surface area (Å²) in [5, 5.41) is 3.91. The van der Waals surface area contributed by atoms with Crippen molar-refractivity contribution in [2.45, 2.75) is 26.7 Å². The Bertz CT molecular complexity index is 408. The number of rotatable bonds is 7. The summed E-state index contributed by atoms with van der Waals surface area (Å²) in [6, 6.07) is 7.21. The van der Waals surface area contributed by atoms with Crippen LogP contribution in [0.15, 0.2) is 24.3 Å². The highest BCUT2D eigenvalue weighted by Gasteiger charge is 2.25. The second-order valence-corrected chi connectivity index (χ2v) is 5.32. The van der Waals surface area contributed by atoms with E-state index in [0.717, 1.165) is 18.2 Å². The number of methoxy groups -OCH3 is 1. The van der Waals surface area contributed by atoms with Gasteiger partial charge in [-0.05, 0) is 36.5 Å². The number of amides is 1. The van der Waals surface area contributed by atoms with Crippen LogP contribution < -0.4 is 10.1 Å². The lowest BCUT2D eigenvalue weighted by molar-refractivity contribution is 0.0932. The lowest BCUT2D eigenvalue weighted by Gasteiger charge is -2.29. The Morgan fingerprint density at radius 1 is 1.37 bits per heavy atom. The molecule has 0 aliphatic heterocycles. The van der Waals surface area contributed by atoms with E-state index in [-0.39, 0.29) is 11.3 Å². The average molecular weight is 328 g/mol. The van der Waals surface area contributed by atoms with E-state index in [1.54, 1.807) is 19.2 Å². The number of carbonyl (C=O) groups is 1. The van der Waals surface area contributed by atoms with Crippen LogP contribution in [0.3, 0.4) is 0 Å². The number of nitrogens with one attached hydrogen (secondary N) is 1. The third kappa shape index (κ3) is 4.23. The summed E-state index contributed by atoms with van der Waals surface area (Å²) >= 11 is 3.55. The van der Waals surface area contributed by atoms with E-state index in [2.05, 4.69) is 35.1 Å². The second kappa shape index (κ2) is 7.53. The Kier molecular flexibility index (Phi) is 6.35. The number of hydrogen-bond acceptors (Lipinski definition) is 2. The van der Waals surface area contributed by atoms with Crippen molar-refractivity contribution in [2.24, 2.45) is 5.41 Å². The molecule has 0 radical (unpaired) electrons. The molecule has 0 aliphatic carbocycles. The molecule has 0 saturated carbocycles. The summed E-state index contributed by atoms with van der Waals surface area (Å²) in [5.74, 6) is 0.650. The fraction of sp³-hybridized carbons (Fsp3) is 0.533. The Morgan fingerprint density at radius 3 is 2.58 bits per heavy atom. The van der Waals surface area contributed by atoms with Crippen molar-refractivity contribution in [2.75, 3.05) is 19.0 Å². The molecule has 1 aromatic carbocycles. The molecule has 0 bridgehead atoms. The average Bonchev–Trinajstić information content (AvgIpc) is 2.49. The number of ether oxygens (including phenoxy) is 1. The van der Waals surface area contributed by atoms with Crippen LogP contribution in [0.4, 0.5) is 0 Å². The molecule has 4 heteroatoms. The minimum atomic E-state index is -0.0499. The summed E-state index contributed by atoms with van der Waals surface area (Å²) in [7, 11) is 1.60. The maximum absolute atomic E-state index is 12.1. The van der Waals surface area contributed by atoms with Gasteiger partial charge in [-0.3, -0.25) is 4.79 Å². The minimum absolute atomic E-state index is 0.0499. The molecule has 1 rings (SSSR count). The van der Waals surface area contributed by atoms with Crippen molar-refractivity contribution in [3.05, 3.63) is 29.8 Å². The topological polar surface area (TPSA) is 38.3 Å². The molecule has 0 fully saturated rings. The standard InChI is InChI=1S/C15H22BrNO2/c1-4-15(5-2,10-16)11-17-14(18)12-7-6-8-13(9-12)19-3/h6-9H,4-5,10-11H2,1-3H3,(H,17,18). The smallest absolute Gasteiger partial charge is 0.251 e. The zero-order valence-electron chi connectivity index (χ0n) is 11.8. The first-order chi connectivity index (χ1) is 9.10. The number of carbonyl (C=O) groups excluding carboxylic acids is 1. The van der Waals surface area contributed by atoms with Crippen LogP contribution in [-0.2, 0) is 0 Å². The van der Waals surface area contributed by atoms with Crippen LogP contribution >= 0.6 is 15.9 Å². The number of halogens is 1. The van der Waals surface area contributed by atoms with Gasteiger partial charge < -0.3 is 10.1 Å². The molecule has 0 aromatic heterocycles. The minimum Gasteiger partial charge on any atom is -0.497 e. The zero-order chi connectivity index (χ0) is 14.3. The van der Waals surface area contributed by atoms with Crippen LogP contribution in [0, 0.1) is 5.41 Å². The maximum atomic E-state index is 12.1. The van der Waals surface area contributed by atoms with Gasteiger partial charge in [0.05, 0.1) is 7.11 Å². The summed E-state index contributed by atoms with van der Waals surface area (Å²) < 4.78 is 5.13.